The van der Waals surface area contributed by atoms with Gasteiger partial charge in [-0.05, 0) is 32.7 Å². The fourth-order valence-electron chi connectivity index (χ4n) is 2.49. The Hall–Kier alpha value is -1.63. The van der Waals surface area contributed by atoms with Crippen molar-refractivity contribution in [2.75, 3.05) is 39.3 Å². The third kappa shape index (κ3) is 3.27. The third-order valence-electron chi connectivity index (χ3n) is 3.85. The zero-order valence-corrected chi connectivity index (χ0v) is 12.6. The van der Waals surface area contributed by atoms with E-state index in [2.05, 4.69) is 32.1 Å². The number of methoxy groups -OCH3 is 2. The molecule has 7 nitrogen and oxygen atoms in total. The molecule has 1 aliphatic heterocycles. The van der Waals surface area contributed by atoms with E-state index in [4.69, 9.17) is 9.47 Å². The molecule has 0 bridgehead atoms. The molecule has 1 N–H and O–H groups in total. The molecule has 0 saturated carbocycles. The molecule has 1 aromatic rings. The number of ether oxygens (including phenoxy) is 2. The molecule has 1 aromatic heterocycles. The summed E-state index contributed by atoms with van der Waals surface area (Å²) in [6.07, 6.45) is 2.35. The van der Waals surface area contributed by atoms with Crippen molar-refractivity contribution in [2.24, 2.45) is 5.92 Å². The summed E-state index contributed by atoms with van der Waals surface area (Å²) in [6.45, 7) is 4.09. The van der Waals surface area contributed by atoms with Crippen LogP contribution in [-0.4, -0.2) is 55.4 Å². The van der Waals surface area contributed by atoms with Crippen molar-refractivity contribution in [1.82, 2.24) is 20.3 Å². The van der Waals surface area contributed by atoms with Crippen molar-refractivity contribution in [3.8, 4) is 12.0 Å². The van der Waals surface area contributed by atoms with Gasteiger partial charge in [0, 0.05) is 19.1 Å². The van der Waals surface area contributed by atoms with Gasteiger partial charge in [0.1, 0.15) is 0 Å². The lowest BCUT2D eigenvalue weighted by atomic mass is 9.92. The normalized spacial score (nSPS) is 20.6. The number of aromatic nitrogens is 3. The van der Waals surface area contributed by atoms with E-state index in [1.807, 2.05) is 7.05 Å². The van der Waals surface area contributed by atoms with Gasteiger partial charge in [-0.2, -0.15) is 9.97 Å². The SMILES string of the molecule is CNC(C)C1CCCN(c2nc(OC)nc(OC)n2)C1. The predicted molar refractivity (Wildman–Crippen MR) is 76.4 cm³/mol. The highest BCUT2D eigenvalue weighted by Gasteiger charge is 2.26. The molecular weight excluding hydrogens is 258 g/mol. The zero-order chi connectivity index (χ0) is 14.5. The average Bonchev–Trinajstić information content (AvgIpc) is 2.53. The van der Waals surface area contributed by atoms with E-state index >= 15 is 0 Å². The Morgan fingerprint density at radius 2 is 1.85 bits per heavy atom. The maximum atomic E-state index is 5.10. The van der Waals surface area contributed by atoms with Crippen LogP contribution in [0.25, 0.3) is 0 Å². The number of hydrogen-bond acceptors (Lipinski definition) is 7. The standard InChI is InChI=1S/C13H23N5O2/c1-9(14-2)10-6-5-7-18(8-10)11-15-12(19-3)17-13(16-11)20-4/h9-10,14H,5-8H2,1-4H3. The second-order valence-corrected chi connectivity index (χ2v) is 5.03. The molecule has 2 heterocycles. The maximum absolute atomic E-state index is 5.10. The Kier molecular flexibility index (Phi) is 4.94. The topological polar surface area (TPSA) is 72.4 Å². The summed E-state index contributed by atoms with van der Waals surface area (Å²) in [5, 5.41) is 3.32. The van der Waals surface area contributed by atoms with Gasteiger partial charge in [0.25, 0.3) is 0 Å². The molecule has 0 spiro atoms. The molecule has 0 amide bonds. The Labute approximate surface area is 119 Å². The third-order valence-corrected chi connectivity index (χ3v) is 3.85. The number of piperidine rings is 1. The Morgan fingerprint density at radius 3 is 2.40 bits per heavy atom. The summed E-state index contributed by atoms with van der Waals surface area (Å²) in [7, 11) is 5.08. The summed E-state index contributed by atoms with van der Waals surface area (Å²) >= 11 is 0. The van der Waals surface area contributed by atoms with Crippen LogP contribution in [0.2, 0.25) is 0 Å². The first-order valence-corrected chi connectivity index (χ1v) is 6.94. The summed E-state index contributed by atoms with van der Waals surface area (Å²) in [5.41, 5.74) is 0. The van der Waals surface area contributed by atoms with Crippen LogP contribution in [0.3, 0.4) is 0 Å². The molecule has 112 valence electrons. The molecule has 1 aliphatic rings. The number of nitrogens with zero attached hydrogens (tertiary/aromatic N) is 4. The molecule has 1 saturated heterocycles. The predicted octanol–water partition coefficient (Wildman–Crippen LogP) is 0.713. The fraction of sp³-hybridized carbons (Fsp3) is 0.769. The monoisotopic (exact) mass is 281 g/mol. The van der Waals surface area contributed by atoms with E-state index in [1.165, 1.54) is 6.42 Å². The van der Waals surface area contributed by atoms with E-state index in [9.17, 15) is 0 Å². The van der Waals surface area contributed by atoms with Crippen molar-refractivity contribution in [3.05, 3.63) is 0 Å². The van der Waals surface area contributed by atoms with Gasteiger partial charge < -0.3 is 19.7 Å². The van der Waals surface area contributed by atoms with E-state index in [0.29, 0.717) is 17.9 Å². The highest BCUT2D eigenvalue weighted by atomic mass is 16.5. The summed E-state index contributed by atoms with van der Waals surface area (Å²) in [5.74, 6) is 1.21. The summed E-state index contributed by atoms with van der Waals surface area (Å²) in [4.78, 5) is 14.9. The van der Waals surface area contributed by atoms with Crippen LogP contribution < -0.4 is 19.7 Å². The Balaban J connectivity index is 2.17. The lowest BCUT2D eigenvalue weighted by Gasteiger charge is -2.35. The molecule has 0 aromatic carbocycles. The lowest BCUT2D eigenvalue weighted by Crippen LogP contribution is -2.44. The number of nitrogens with one attached hydrogen (secondary N) is 1. The smallest absolute Gasteiger partial charge is 0.324 e. The zero-order valence-electron chi connectivity index (χ0n) is 12.6. The van der Waals surface area contributed by atoms with Crippen LogP contribution >= 0.6 is 0 Å². The first-order chi connectivity index (χ1) is 9.67. The first kappa shape index (κ1) is 14.8. The van der Waals surface area contributed by atoms with Gasteiger partial charge in [-0.3, -0.25) is 0 Å². The van der Waals surface area contributed by atoms with Gasteiger partial charge in [-0.25, -0.2) is 0 Å². The molecule has 1 fully saturated rings. The van der Waals surface area contributed by atoms with E-state index in [-0.39, 0.29) is 12.0 Å². The van der Waals surface area contributed by atoms with Gasteiger partial charge in [0.05, 0.1) is 14.2 Å². The average molecular weight is 281 g/mol. The van der Waals surface area contributed by atoms with Crippen molar-refractivity contribution < 1.29 is 9.47 Å². The van der Waals surface area contributed by atoms with E-state index in [0.717, 1.165) is 19.5 Å². The molecule has 7 heteroatoms. The van der Waals surface area contributed by atoms with Crippen LogP contribution in [0.15, 0.2) is 0 Å². The van der Waals surface area contributed by atoms with Crippen LogP contribution in [-0.2, 0) is 0 Å². The number of hydrogen-bond donors (Lipinski definition) is 1. The molecule has 2 rings (SSSR count). The van der Waals surface area contributed by atoms with Gasteiger partial charge in [-0.1, -0.05) is 0 Å². The Bertz CT molecular complexity index is 421. The number of anilines is 1. The summed E-state index contributed by atoms with van der Waals surface area (Å²) in [6, 6.07) is 1.05. The van der Waals surface area contributed by atoms with Gasteiger partial charge >= 0.3 is 12.0 Å². The summed E-state index contributed by atoms with van der Waals surface area (Å²) < 4.78 is 10.2. The van der Waals surface area contributed by atoms with Crippen molar-refractivity contribution in [2.45, 2.75) is 25.8 Å². The quantitative estimate of drug-likeness (QED) is 0.852. The van der Waals surface area contributed by atoms with E-state index in [1.54, 1.807) is 14.2 Å². The molecule has 0 radical (unpaired) electrons. The minimum atomic E-state index is 0.288. The van der Waals surface area contributed by atoms with Crippen LogP contribution in [0.5, 0.6) is 12.0 Å². The van der Waals surface area contributed by atoms with Crippen LogP contribution in [0.4, 0.5) is 5.95 Å². The fourth-order valence-corrected chi connectivity index (χ4v) is 2.49. The highest BCUT2D eigenvalue weighted by Crippen LogP contribution is 2.24. The van der Waals surface area contributed by atoms with Crippen LogP contribution in [0, 0.1) is 5.92 Å². The van der Waals surface area contributed by atoms with Gasteiger partial charge in [0.2, 0.25) is 5.95 Å². The molecular formula is C13H23N5O2. The van der Waals surface area contributed by atoms with Crippen molar-refractivity contribution in [3.63, 3.8) is 0 Å². The Morgan fingerprint density at radius 1 is 1.20 bits per heavy atom. The highest BCUT2D eigenvalue weighted by molar-refractivity contribution is 5.33. The molecule has 2 atom stereocenters. The van der Waals surface area contributed by atoms with Crippen molar-refractivity contribution >= 4 is 5.95 Å². The second kappa shape index (κ2) is 6.69. The number of rotatable bonds is 5. The van der Waals surface area contributed by atoms with Gasteiger partial charge in [-0.15, -0.1) is 4.98 Å². The van der Waals surface area contributed by atoms with Crippen LogP contribution in [0.1, 0.15) is 19.8 Å². The van der Waals surface area contributed by atoms with Gasteiger partial charge in [0.15, 0.2) is 0 Å². The van der Waals surface area contributed by atoms with Crippen molar-refractivity contribution in [1.29, 1.82) is 0 Å². The lowest BCUT2D eigenvalue weighted by molar-refractivity contribution is 0.321. The minimum absolute atomic E-state index is 0.288. The molecule has 0 aliphatic carbocycles. The largest absolute Gasteiger partial charge is 0.467 e. The maximum Gasteiger partial charge on any atom is 0.324 e. The first-order valence-electron chi connectivity index (χ1n) is 6.94. The second-order valence-electron chi connectivity index (χ2n) is 5.03. The van der Waals surface area contributed by atoms with E-state index < -0.39 is 0 Å². The molecule has 20 heavy (non-hydrogen) atoms. The molecule has 2 unspecified atom stereocenters. The minimum Gasteiger partial charge on any atom is -0.467 e.